The molecule has 0 radical (unpaired) electrons. The van der Waals surface area contributed by atoms with E-state index in [1.54, 1.807) is 10.7 Å². The summed E-state index contributed by atoms with van der Waals surface area (Å²) in [6, 6.07) is 8.83. The molecule has 5 heteroatoms. The fourth-order valence-electron chi connectivity index (χ4n) is 3.89. The van der Waals surface area contributed by atoms with Gasteiger partial charge in [0.2, 0.25) is 0 Å². The number of nitrogens with one attached hydrogen (secondary N) is 1. The fraction of sp³-hybridized carbons (Fsp3) is 0.550. The Morgan fingerprint density at radius 3 is 2.44 bits per heavy atom. The van der Waals surface area contributed by atoms with Crippen molar-refractivity contribution in [1.29, 1.82) is 0 Å². The minimum atomic E-state index is 0.0472. The third kappa shape index (κ3) is 3.82. The molecule has 5 nitrogen and oxygen atoms in total. The predicted molar refractivity (Wildman–Crippen MR) is 97.6 cm³/mol. The Morgan fingerprint density at radius 2 is 1.76 bits per heavy atom. The maximum absolute atomic E-state index is 12.2. The molecule has 0 saturated heterocycles. The van der Waals surface area contributed by atoms with E-state index in [4.69, 9.17) is 0 Å². The van der Waals surface area contributed by atoms with Crippen LogP contribution in [0.15, 0.2) is 41.5 Å². The number of nitrogens with zero attached hydrogens (tertiary/aromatic N) is 3. The third-order valence-corrected chi connectivity index (χ3v) is 5.58. The monoisotopic (exact) mass is 338 g/mol. The van der Waals surface area contributed by atoms with Gasteiger partial charge in [-0.15, -0.1) is 0 Å². The summed E-state index contributed by atoms with van der Waals surface area (Å²) < 4.78 is 1.76. The second-order valence-corrected chi connectivity index (χ2v) is 7.49. The maximum Gasteiger partial charge on any atom is 0.267 e. The number of rotatable bonds is 5. The molecular weight excluding hydrogens is 312 g/mol. The smallest absolute Gasteiger partial charge is 0.267 e. The van der Waals surface area contributed by atoms with Crippen LogP contribution in [0.5, 0.6) is 0 Å². The maximum atomic E-state index is 12.2. The molecule has 0 aliphatic heterocycles. The van der Waals surface area contributed by atoms with Gasteiger partial charge < -0.3 is 5.32 Å². The van der Waals surface area contributed by atoms with Gasteiger partial charge in [-0.2, -0.15) is 5.10 Å². The molecule has 1 unspecified atom stereocenters. The fourth-order valence-corrected chi connectivity index (χ4v) is 3.89. The molecule has 25 heavy (non-hydrogen) atoms. The summed E-state index contributed by atoms with van der Waals surface area (Å²) in [6.07, 6.45) is 10.3. The SMILES string of the molecule is CC(NC1CCC(n2nc(C3CC3)ccc2=O)CC1)c1ccncc1. The van der Waals surface area contributed by atoms with Crippen molar-refractivity contribution in [2.45, 2.75) is 69.5 Å². The van der Waals surface area contributed by atoms with E-state index in [1.165, 1.54) is 18.4 Å². The van der Waals surface area contributed by atoms with E-state index in [1.807, 2.05) is 18.5 Å². The summed E-state index contributed by atoms with van der Waals surface area (Å²) in [5.74, 6) is 0.589. The summed E-state index contributed by atoms with van der Waals surface area (Å²) in [6.45, 7) is 2.20. The molecule has 0 aromatic carbocycles. The van der Waals surface area contributed by atoms with E-state index in [9.17, 15) is 4.79 Å². The number of aromatic nitrogens is 3. The van der Waals surface area contributed by atoms with Crippen molar-refractivity contribution < 1.29 is 0 Å². The zero-order valence-corrected chi connectivity index (χ0v) is 14.8. The molecule has 2 heterocycles. The Morgan fingerprint density at radius 1 is 1.04 bits per heavy atom. The molecular formula is C20H26N4O. The van der Waals surface area contributed by atoms with Gasteiger partial charge in [0.25, 0.3) is 5.56 Å². The lowest BCUT2D eigenvalue weighted by Gasteiger charge is -2.31. The Labute approximate surface area is 148 Å². The Kier molecular flexibility index (Phi) is 4.66. The zero-order valence-electron chi connectivity index (χ0n) is 14.8. The standard InChI is InChI=1S/C20H26N4O/c1-14(15-10-12-21-13-11-15)22-17-4-6-18(7-5-17)24-20(25)9-8-19(23-24)16-2-3-16/h8-14,16-18,22H,2-7H2,1H3. The quantitative estimate of drug-likeness (QED) is 0.908. The molecule has 2 aromatic heterocycles. The van der Waals surface area contributed by atoms with Gasteiger partial charge in [-0.25, -0.2) is 4.68 Å². The van der Waals surface area contributed by atoms with Gasteiger partial charge in [0.05, 0.1) is 11.7 Å². The van der Waals surface area contributed by atoms with Crippen LogP contribution in [-0.2, 0) is 0 Å². The van der Waals surface area contributed by atoms with E-state index < -0.39 is 0 Å². The summed E-state index contributed by atoms with van der Waals surface area (Å²) in [5, 5.41) is 8.39. The van der Waals surface area contributed by atoms with Crippen molar-refractivity contribution >= 4 is 0 Å². The van der Waals surface area contributed by atoms with Crippen LogP contribution in [0.25, 0.3) is 0 Å². The lowest BCUT2D eigenvalue weighted by atomic mass is 9.90. The molecule has 2 fully saturated rings. The van der Waals surface area contributed by atoms with E-state index in [-0.39, 0.29) is 11.6 Å². The molecule has 0 spiro atoms. The van der Waals surface area contributed by atoms with Crippen molar-refractivity contribution in [3.8, 4) is 0 Å². The van der Waals surface area contributed by atoms with Gasteiger partial charge in [0.15, 0.2) is 0 Å². The molecule has 2 aromatic rings. The van der Waals surface area contributed by atoms with Gasteiger partial charge in [-0.3, -0.25) is 9.78 Å². The van der Waals surface area contributed by atoms with Crippen molar-refractivity contribution in [2.24, 2.45) is 0 Å². The highest BCUT2D eigenvalue weighted by Crippen LogP contribution is 2.38. The Hall–Kier alpha value is -2.01. The number of hydrogen-bond donors (Lipinski definition) is 1. The molecule has 2 aliphatic rings. The van der Waals surface area contributed by atoms with Crippen LogP contribution in [0.2, 0.25) is 0 Å². The average molecular weight is 338 g/mol. The van der Waals surface area contributed by atoms with Crippen LogP contribution in [0.1, 0.15) is 74.7 Å². The van der Waals surface area contributed by atoms with Gasteiger partial charge in [0, 0.05) is 36.5 Å². The summed E-state index contributed by atoms with van der Waals surface area (Å²) in [5.41, 5.74) is 2.42. The molecule has 1 N–H and O–H groups in total. The van der Waals surface area contributed by atoms with Crippen LogP contribution in [0, 0.1) is 0 Å². The first kappa shape index (κ1) is 16.5. The largest absolute Gasteiger partial charge is 0.307 e. The average Bonchev–Trinajstić information content (AvgIpc) is 3.49. The highest BCUT2D eigenvalue weighted by atomic mass is 16.1. The zero-order chi connectivity index (χ0) is 17.2. The van der Waals surface area contributed by atoms with Crippen LogP contribution in [0.4, 0.5) is 0 Å². The normalized spacial score (nSPS) is 24.8. The molecule has 4 rings (SSSR count). The first-order valence-electron chi connectivity index (χ1n) is 9.46. The van der Waals surface area contributed by atoms with Gasteiger partial charge in [-0.1, -0.05) is 0 Å². The highest BCUT2D eigenvalue weighted by Gasteiger charge is 2.28. The number of pyridine rings is 1. The second kappa shape index (κ2) is 7.08. The van der Waals surface area contributed by atoms with Crippen LogP contribution in [0.3, 0.4) is 0 Å². The predicted octanol–water partition coefficient (Wildman–Crippen LogP) is 3.35. The van der Waals surface area contributed by atoms with Crippen LogP contribution >= 0.6 is 0 Å². The first-order valence-corrected chi connectivity index (χ1v) is 9.46. The van der Waals surface area contributed by atoms with Crippen LogP contribution < -0.4 is 10.9 Å². The Balaban J connectivity index is 1.37. The minimum Gasteiger partial charge on any atom is -0.307 e. The summed E-state index contributed by atoms with van der Waals surface area (Å²) >= 11 is 0. The van der Waals surface area contributed by atoms with Crippen molar-refractivity contribution in [3.63, 3.8) is 0 Å². The topological polar surface area (TPSA) is 59.8 Å². The molecule has 2 aliphatic carbocycles. The summed E-state index contributed by atoms with van der Waals surface area (Å²) in [4.78, 5) is 16.3. The summed E-state index contributed by atoms with van der Waals surface area (Å²) in [7, 11) is 0. The van der Waals surface area contributed by atoms with Gasteiger partial charge in [0.1, 0.15) is 0 Å². The Bertz CT molecular complexity index is 761. The molecule has 132 valence electrons. The molecule has 0 bridgehead atoms. The van der Waals surface area contributed by atoms with Crippen LogP contribution in [-0.4, -0.2) is 20.8 Å². The minimum absolute atomic E-state index is 0.0472. The lowest BCUT2D eigenvalue weighted by molar-refractivity contribution is 0.258. The van der Waals surface area contributed by atoms with Gasteiger partial charge in [-0.05, 0) is 69.2 Å². The second-order valence-electron chi connectivity index (χ2n) is 7.49. The van der Waals surface area contributed by atoms with E-state index in [0.29, 0.717) is 18.0 Å². The number of hydrogen-bond acceptors (Lipinski definition) is 4. The molecule has 1 atom stereocenters. The van der Waals surface area contributed by atoms with Crippen molar-refractivity contribution in [2.75, 3.05) is 0 Å². The first-order chi connectivity index (χ1) is 12.2. The van der Waals surface area contributed by atoms with E-state index >= 15 is 0 Å². The van der Waals surface area contributed by atoms with Crippen molar-refractivity contribution in [3.05, 3.63) is 58.3 Å². The van der Waals surface area contributed by atoms with Gasteiger partial charge >= 0.3 is 0 Å². The van der Waals surface area contributed by atoms with E-state index in [2.05, 4.69) is 34.5 Å². The van der Waals surface area contributed by atoms with E-state index in [0.717, 1.165) is 31.4 Å². The lowest BCUT2D eigenvalue weighted by Crippen LogP contribution is -2.37. The van der Waals surface area contributed by atoms with Crippen molar-refractivity contribution in [1.82, 2.24) is 20.1 Å². The third-order valence-electron chi connectivity index (χ3n) is 5.58. The highest BCUT2D eigenvalue weighted by molar-refractivity contribution is 5.14. The molecule has 0 amide bonds. The molecule has 2 saturated carbocycles.